The lowest BCUT2D eigenvalue weighted by Crippen LogP contribution is -2.28. The van der Waals surface area contributed by atoms with Crippen molar-refractivity contribution < 1.29 is 18.8 Å². The number of hydrogen-bond donors (Lipinski definition) is 1. The van der Waals surface area contributed by atoms with Gasteiger partial charge in [-0.2, -0.15) is 0 Å². The lowest BCUT2D eigenvalue weighted by Gasteiger charge is -2.29. The van der Waals surface area contributed by atoms with Crippen LogP contribution in [0.5, 0.6) is 0 Å². The molecule has 1 rings (SSSR count). The van der Waals surface area contributed by atoms with E-state index in [-0.39, 0.29) is 17.9 Å². The molecule has 5 heteroatoms. The minimum atomic E-state index is -2.51. The molecule has 0 amide bonds. The largest absolute Gasteiger partial charge is 0.694 e. The van der Waals surface area contributed by atoms with E-state index in [0.29, 0.717) is 18.6 Å². The second kappa shape index (κ2) is 5.15. The van der Waals surface area contributed by atoms with Gasteiger partial charge in [0, 0.05) is 16.9 Å². The fraction of sp³-hybridized carbons (Fsp3) is 0.900. The zero-order valence-corrected chi connectivity index (χ0v) is 10.1. The van der Waals surface area contributed by atoms with Gasteiger partial charge < -0.3 is 0 Å². The van der Waals surface area contributed by atoms with E-state index < -0.39 is 8.25 Å². The summed E-state index contributed by atoms with van der Waals surface area (Å²) in [5, 5.41) is 0. The predicted octanol–water partition coefficient (Wildman–Crippen LogP) is 2.44. The minimum absolute atomic E-state index is 0.0951. The molecule has 0 heterocycles. The summed E-state index contributed by atoms with van der Waals surface area (Å²) in [4.78, 5) is 20.1. The van der Waals surface area contributed by atoms with Crippen LogP contribution in [0.4, 0.5) is 0 Å². The van der Waals surface area contributed by atoms with E-state index in [1.807, 2.05) is 13.8 Å². The fourth-order valence-electron chi connectivity index (χ4n) is 2.20. The first-order chi connectivity index (χ1) is 6.93. The molecule has 0 bridgehead atoms. The van der Waals surface area contributed by atoms with Crippen LogP contribution in [-0.2, 0) is 13.9 Å². The highest BCUT2D eigenvalue weighted by atomic mass is 31.1. The molecule has 1 aliphatic carbocycles. The van der Waals surface area contributed by atoms with Crippen LogP contribution in [0.15, 0.2) is 0 Å². The molecule has 0 aliphatic heterocycles. The molecule has 0 aromatic carbocycles. The van der Waals surface area contributed by atoms with Crippen molar-refractivity contribution in [2.45, 2.75) is 39.5 Å². The van der Waals surface area contributed by atoms with Crippen LogP contribution in [0.2, 0.25) is 0 Å². The summed E-state index contributed by atoms with van der Waals surface area (Å²) in [6.07, 6.45) is 3.24. The topological polar surface area (TPSA) is 63.6 Å². The van der Waals surface area contributed by atoms with Crippen molar-refractivity contribution in [1.29, 1.82) is 0 Å². The van der Waals surface area contributed by atoms with Gasteiger partial charge in [0.25, 0.3) is 0 Å². The van der Waals surface area contributed by atoms with Crippen LogP contribution in [0.3, 0.4) is 0 Å². The molecule has 1 N–H and O–H groups in total. The molecule has 0 saturated heterocycles. The Bertz CT molecular complexity index is 262. The molecule has 1 saturated carbocycles. The van der Waals surface area contributed by atoms with Crippen LogP contribution in [0, 0.1) is 11.3 Å². The van der Waals surface area contributed by atoms with Gasteiger partial charge in [0.15, 0.2) is 0 Å². The molecule has 2 unspecified atom stereocenters. The molecule has 4 nitrogen and oxygen atoms in total. The van der Waals surface area contributed by atoms with Crippen molar-refractivity contribution in [3.8, 4) is 0 Å². The molecule has 15 heavy (non-hydrogen) atoms. The van der Waals surface area contributed by atoms with E-state index >= 15 is 0 Å². The number of Topliss-reactive ketones (excluding diaryl/α,β-unsaturated/α-hetero) is 1. The Hall–Kier alpha value is -0.310. The normalized spacial score (nSPS) is 23.3. The molecular weight excluding hydrogens is 215 g/mol. The minimum Gasteiger partial charge on any atom is -0.299 e. The van der Waals surface area contributed by atoms with Gasteiger partial charge in [0.2, 0.25) is 0 Å². The van der Waals surface area contributed by atoms with Gasteiger partial charge >= 0.3 is 8.25 Å². The number of hydrogen-bond acceptors (Lipinski definition) is 3. The molecule has 1 fully saturated rings. The Morgan fingerprint density at radius 3 is 2.73 bits per heavy atom. The second-order valence-electron chi connectivity index (χ2n) is 4.72. The van der Waals surface area contributed by atoms with Gasteiger partial charge in [-0.05, 0) is 24.7 Å². The second-order valence-corrected chi connectivity index (χ2v) is 5.45. The fourth-order valence-corrected chi connectivity index (χ4v) is 2.45. The lowest BCUT2D eigenvalue weighted by molar-refractivity contribution is -0.123. The van der Waals surface area contributed by atoms with Crippen molar-refractivity contribution >= 4 is 14.0 Å². The lowest BCUT2D eigenvalue weighted by atomic mass is 9.75. The van der Waals surface area contributed by atoms with Crippen LogP contribution in [0.25, 0.3) is 0 Å². The molecule has 2 atom stereocenters. The highest BCUT2D eigenvalue weighted by Gasteiger charge is 2.37. The Kier molecular flexibility index (Phi) is 4.38. The summed E-state index contributed by atoms with van der Waals surface area (Å²) in [7, 11) is -2.51. The predicted molar refractivity (Wildman–Crippen MR) is 56.5 cm³/mol. The summed E-state index contributed by atoms with van der Waals surface area (Å²) < 4.78 is 15.0. The quantitative estimate of drug-likeness (QED) is 0.741. The van der Waals surface area contributed by atoms with Crippen LogP contribution < -0.4 is 0 Å². The summed E-state index contributed by atoms with van der Waals surface area (Å²) >= 11 is 0. The molecular formula is C10H18O4P+. The molecule has 1 aliphatic rings. The van der Waals surface area contributed by atoms with E-state index in [0.717, 1.165) is 12.8 Å². The Morgan fingerprint density at radius 1 is 1.60 bits per heavy atom. The number of ketones is 1. The van der Waals surface area contributed by atoms with Gasteiger partial charge in [-0.1, -0.05) is 13.8 Å². The summed E-state index contributed by atoms with van der Waals surface area (Å²) in [5.74, 6) is 0.422. The molecule has 0 aromatic heterocycles. The molecule has 0 aromatic rings. The zero-order chi connectivity index (χ0) is 11.5. The van der Waals surface area contributed by atoms with E-state index in [2.05, 4.69) is 4.52 Å². The van der Waals surface area contributed by atoms with E-state index in [1.165, 1.54) is 0 Å². The van der Waals surface area contributed by atoms with Gasteiger partial charge in [0.05, 0.1) is 0 Å². The maximum absolute atomic E-state index is 11.6. The van der Waals surface area contributed by atoms with E-state index in [9.17, 15) is 9.36 Å². The summed E-state index contributed by atoms with van der Waals surface area (Å²) in [5.41, 5.74) is -0.126. The van der Waals surface area contributed by atoms with Crippen LogP contribution in [0.1, 0.15) is 39.5 Å². The molecule has 0 radical (unpaired) electrons. The number of carbonyl (C=O) groups is 1. The SMILES string of the molecule is CC(C)(CCO[P+](=O)O)C1CCCC1=O. The maximum Gasteiger partial charge on any atom is 0.694 e. The summed E-state index contributed by atoms with van der Waals surface area (Å²) in [6.45, 7) is 4.28. The van der Waals surface area contributed by atoms with Gasteiger partial charge in [-0.15, -0.1) is 9.42 Å². The van der Waals surface area contributed by atoms with E-state index in [4.69, 9.17) is 4.89 Å². The third kappa shape index (κ3) is 3.63. The third-order valence-corrected chi connectivity index (χ3v) is 3.60. The van der Waals surface area contributed by atoms with Crippen molar-refractivity contribution in [2.24, 2.45) is 11.3 Å². The summed E-state index contributed by atoms with van der Waals surface area (Å²) in [6, 6.07) is 0. The Labute approximate surface area is 91.0 Å². The first kappa shape index (κ1) is 12.8. The van der Waals surface area contributed by atoms with Crippen LogP contribution >= 0.6 is 8.25 Å². The van der Waals surface area contributed by atoms with Crippen molar-refractivity contribution in [3.63, 3.8) is 0 Å². The monoisotopic (exact) mass is 233 g/mol. The van der Waals surface area contributed by atoms with Crippen molar-refractivity contribution in [2.75, 3.05) is 6.61 Å². The third-order valence-electron chi connectivity index (χ3n) is 3.20. The van der Waals surface area contributed by atoms with E-state index in [1.54, 1.807) is 0 Å². The highest BCUT2D eigenvalue weighted by molar-refractivity contribution is 7.32. The number of rotatable bonds is 5. The first-order valence-electron chi connectivity index (χ1n) is 5.25. The van der Waals surface area contributed by atoms with Crippen molar-refractivity contribution in [3.05, 3.63) is 0 Å². The average molecular weight is 233 g/mol. The van der Waals surface area contributed by atoms with Gasteiger partial charge in [-0.25, -0.2) is 0 Å². The van der Waals surface area contributed by atoms with Crippen LogP contribution in [-0.4, -0.2) is 17.3 Å². The molecule has 0 spiro atoms. The zero-order valence-electron chi connectivity index (χ0n) is 9.23. The maximum atomic E-state index is 11.6. The highest BCUT2D eigenvalue weighted by Crippen LogP contribution is 2.40. The molecule has 86 valence electrons. The van der Waals surface area contributed by atoms with Crippen molar-refractivity contribution in [1.82, 2.24) is 0 Å². The average Bonchev–Trinajstić information content (AvgIpc) is 2.50. The van der Waals surface area contributed by atoms with Gasteiger partial charge in [0.1, 0.15) is 12.4 Å². The number of carbonyl (C=O) groups excluding carboxylic acids is 1. The smallest absolute Gasteiger partial charge is 0.299 e. The first-order valence-corrected chi connectivity index (χ1v) is 6.38. The Balaban J connectivity index is 2.43. The standard InChI is InChI=1S/C10H17O4P/c1-10(2,6-7-14-15(12)13)8-4-3-5-9(8)11/h8H,3-7H2,1-2H3/p+1. The van der Waals surface area contributed by atoms with Gasteiger partial charge in [-0.3, -0.25) is 4.79 Å². The Morgan fingerprint density at radius 2 is 2.27 bits per heavy atom.